The molecule has 2 saturated carbocycles. The Morgan fingerprint density at radius 1 is 1.17 bits per heavy atom. The maximum Gasteiger partial charge on any atom is 0.0773 e. The minimum absolute atomic E-state index is 0.0698. The number of ether oxygens (including phenoxy) is 1. The maximum absolute atomic E-state index is 9.90. The van der Waals surface area contributed by atoms with Crippen LogP contribution < -0.4 is 0 Å². The van der Waals surface area contributed by atoms with Gasteiger partial charge in [-0.3, -0.25) is 0 Å². The summed E-state index contributed by atoms with van der Waals surface area (Å²) in [6.45, 7) is 8.42. The Morgan fingerprint density at radius 3 is 2.67 bits per heavy atom. The fourth-order valence-electron chi connectivity index (χ4n) is 5.51. The van der Waals surface area contributed by atoms with Crippen molar-refractivity contribution in [2.24, 2.45) is 22.7 Å². The molecule has 3 aliphatic rings. The first-order valence-corrected chi connectivity index (χ1v) is 7.73. The van der Waals surface area contributed by atoms with Crippen LogP contribution >= 0.6 is 0 Å². The summed E-state index contributed by atoms with van der Waals surface area (Å²) < 4.78 is 6.41. The van der Waals surface area contributed by atoms with Crippen molar-refractivity contribution < 1.29 is 9.84 Å². The lowest BCUT2D eigenvalue weighted by Gasteiger charge is -2.61. The second kappa shape index (κ2) is 3.96. The highest BCUT2D eigenvalue weighted by Crippen LogP contribution is 2.66. The molecule has 1 heterocycles. The normalized spacial score (nSPS) is 56.0. The first kappa shape index (κ1) is 12.9. The second-order valence-electron chi connectivity index (χ2n) is 7.60. The highest BCUT2D eigenvalue weighted by Gasteiger charge is 2.66. The van der Waals surface area contributed by atoms with Gasteiger partial charge in [0, 0.05) is 18.6 Å². The van der Waals surface area contributed by atoms with Crippen LogP contribution in [0.3, 0.4) is 0 Å². The van der Waals surface area contributed by atoms with Crippen molar-refractivity contribution in [1.82, 2.24) is 0 Å². The Labute approximate surface area is 111 Å². The summed E-state index contributed by atoms with van der Waals surface area (Å²) in [6, 6.07) is 0. The van der Waals surface area contributed by atoms with E-state index in [0.717, 1.165) is 12.5 Å². The van der Waals surface area contributed by atoms with Crippen LogP contribution in [-0.4, -0.2) is 23.9 Å². The Kier molecular flexibility index (Phi) is 2.84. The average Bonchev–Trinajstić information content (AvgIpc) is 2.69. The fraction of sp³-hybridized carbons (Fsp3) is 1.00. The van der Waals surface area contributed by atoms with Crippen LogP contribution in [0.4, 0.5) is 0 Å². The van der Waals surface area contributed by atoms with Crippen molar-refractivity contribution >= 4 is 0 Å². The number of rotatable bonds is 1. The van der Waals surface area contributed by atoms with Gasteiger partial charge >= 0.3 is 0 Å². The zero-order chi connectivity index (χ0) is 13.0. The average molecular weight is 252 g/mol. The number of hydrogen-bond donors (Lipinski definition) is 1. The smallest absolute Gasteiger partial charge is 0.0773 e. The van der Waals surface area contributed by atoms with E-state index in [1.807, 2.05) is 0 Å². The maximum atomic E-state index is 9.90. The fourth-order valence-corrected chi connectivity index (χ4v) is 5.51. The van der Waals surface area contributed by atoms with E-state index in [0.29, 0.717) is 17.9 Å². The van der Waals surface area contributed by atoms with E-state index in [1.54, 1.807) is 0 Å². The lowest BCUT2D eigenvalue weighted by molar-refractivity contribution is -0.208. The summed E-state index contributed by atoms with van der Waals surface area (Å²) in [4.78, 5) is 0. The zero-order valence-corrected chi connectivity index (χ0v) is 12.2. The standard InChI is InChI=1S/C16H28O2/c1-12-5-6-13-14(2,11-17)7-4-8-16(13)15(12,3)9-10-18-16/h12-13,17H,4-11H2,1-3H3/t12?,13-,14-,15+,16-/m1/s1. The van der Waals surface area contributed by atoms with Gasteiger partial charge in [-0.15, -0.1) is 0 Å². The SMILES string of the molecule is CC1CC[C@@H]2[C@@](C)(CO)CCC[C@@]23OCC[C@@]13C. The van der Waals surface area contributed by atoms with Crippen LogP contribution in [0.2, 0.25) is 0 Å². The molecule has 2 heteroatoms. The van der Waals surface area contributed by atoms with Gasteiger partial charge in [-0.2, -0.15) is 0 Å². The van der Waals surface area contributed by atoms with Crippen molar-refractivity contribution in [3.63, 3.8) is 0 Å². The van der Waals surface area contributed by atoms with Crippen LogP contribution in [0.5, 0.6) is 0 Å². The van der Waals surface area contributed by atoms with E-state index in [9.17, 15) is 5.11 Å². The summed E-state index contributed by atoms with van der Waals surface area (Å²) in [6.07, 6.45) is 7.37. The molecule has 0 aromatic carbocycles. The molecule has 0 aromatic rings. The van der Waals surface area contributed by atoms with Gasteiger partial charge in [-0.1, -0.05) is 20.8 Å². The van der Waals surface area contributed by atoms with Crippen LogP contribution in [0, 0.1) is 22.7 Å². The van der Waals surface area contributed by atoms with Gasteiger partial charge in [0.2, 0.25) is 0 Å². The molecule has 3 rings (SSSR count). The highest BCUT2D eigenvalue weighted by molar-refractivity contribution is 5.15. The van der Waals surface area contributed by atoms with Gasteiger partial charge in [0.25, 0.3) is 0 Å². The molecule has 0 aromatic heterocycles. The van der Waals surface area contributed by atoms with E-state index in [4.69, 9.17) is 4.74 Å². The number of aliphatic hydroxyl groups is 1. The number of aliphatic hydroxyl groups excluding tert-OH is 1. The second-order valence-corrected chi connectivity index (χ2v) is 7.60. The molecule has 1 spiro atoms. The van der Waals surface area contributed by atoms with E-state index in [-0.39, 0.29) is 11.0 Å². The van der Waals surface area contributed by atoms with E-state index in [1.165, 1.54) is 38.5 Å². The summed E-state index contributed by atoms with van der Waals surface area (Å²) in [5.74, 6) is 1.32. The number of hydrogen-bond acceptors (Lipinski definition) is 2. The molecule has 18 heavy (non-hydrogen) atoms. The predicted octanol–water partition coefficient (Wildman–Crippen LogP) is 3.38. The first-order valence-electron chi connectivity index (χ1n) is 7.73. The van der Waals surface area contributed by atoms with Crippen molar-refractivity contribution in [2.45, 2.75) is 64.9 Å². The Morgan fingerprint density at radius 2 is 1.94 bits per heavy atom. The molecule has 2 nitrogen and oxygen atoms in total. The van der Waals surface area contributed by atoms with Crippen molar-refractivity contribution in [2.75, 3.05) is 13.2 Å². The third kappa shape index (κ3) is 1.37. The molecule has 104 valence electrons. The molecule has 1 aliphatic heterocycles. The molecule has 0 amide bonds. The van der Waals surface area contributed by atoms with Crippen LogP contribution in [0.25, 0.3) is 0 Å². The topological polar surface area (TPSA) is 29.5 Å². The minimum atomic E-state index is 0.0698. The van der Waals surface area contributed by atoms with E-state index >= 15 is 0 Å². The molecule has 1 N–H and O–H groups in total. The molecule has 0 radical (unpaired) electrons. The molecule has 2 aliphatic carbocycles. The van der Waals surface area contributed by atoms with E-state index < -0.39 is 0 Å². The van der Waals surface area contributed by atoms with Crippen LogP contribution in [-0.2, 0) is 4.74 Å². The van der Waals surface area contributed by atoms with E-state index in [2.05, 4.69) is 20.8 Å². The Bertz CT molecular complexity index is 342. The largest absolute Gasteiger partial charge is 0.396 e. The van der Waals surface area contributed by atoms with Gasteiger partial charge in [0.15, 0.2) is 0 Å². The molecular formula is C16H28O2. The summed E-state index contributed by atoms with van der Waals surface area (Å²) >= 11 is 0. The molecule has 0 bridgehead atoms. The van der Waals surface area contributed by atoms with Crippen molar-refractivity contribution in [3.8, 4) is 0 Å². The molecule has 5 atom stereocenters. The Balaban J connectivity index is 2.05. The van der Waals surface area contributed by atoms with Gasteiger partial charge in [0.1, 0.15) is 0 Å². The Hall–Kier alpha value is -0.0800. The predicted molar refractivity (Wildman–Crippen MR) is 72.3 cm³/mol. The first-order chi connectivity index (χ1) is 8.48. The highest BCUT2D eigenvalue weighted by atomic mass is 16.5. The van der Waals surface area contributed by atoms with Crippen LogP contribution in [0.15, 0.2) is 0 Å². The van der Waals surface area contributed by atoms with Gasteiger partial charge in [-0.25, -0.2) is 0 Å². The summed E-state index contributed by atoms with van der Waals surface area (Å²) in [7, 11) is 0. The monoisotopic (exact) mass is 252 g/mol. The quantitative estimate of drug-likeness (QED) is 0.775. The minimum Gasteiger partial charge on any atom is -0.396 e. The molecule has 3 fully saturated rings. The van der Waals surface area contributed by atoms with Gasteiger partial charge < -0.3 is 9.84 Å². The van der Waals surface area contributed by atoms with Gasteiger partial charge in [0.05, 0.1) is 5.60 Å². The van der Waals surface area contributed by atoms with Crippen molar-refractivity contribution in [3.05, 3.63) is 0 Å². The van der Waals surface area contributed by atoms with Crippen LogP contribution in [0.1, 0.15) is 59.3 Å². The molecule has 1 saturated heterocycles. The lowest BCUT2D eigenvalue weighted by atomic mass is 9.46. The third-order valence-corrected chi connectivity index (χ3v) is 6.99. The lowest BCUT2D eigenvalue weighted by Crippen LogP contribution is -2.62. The summed E-state index contributed by atoms with van der Waals surface area (Å²) in [5.41, 5.74) is 0.497. The third-order valence-electron chi connectivity index (χ3n) is 6.99. The molecule has 1 unspecified atom stereocenters. The van der Waals surface area contributed by atoms with Crippen molar-refractivity contribution in [1.29, 1.82) is 0 Å². The summed E-state index contributed by atoms with van der Waals surface area (Å²) in [5, 5.41) is 9.90. The van der Waals surface area contributed by atoms with Gasteiger partial charge in [-0.05, 0) is 55.8 Å². The zero-order valence-electron chi connectivity index (χ0n) is 12.2. The molecular weight excluding hydrogens is 224 g/mol.